The molecule has 1 aliphatic rings. The monoisotopic (exact) mass is 292 g/mol. The maximum absolute atomic E-state index is 12.0. The van der Waals surface area contributed by atoms with Crippen molar-refractivity contribution in [2.75, 3.05) is 19.7 Å². The fourth-order valence-corrected chi connectivity index (χ4v) is 2.31. The number of morpholine rings is 1. The van der Waals surface area contributed by atoms with Crippen LogP contribution in [0.4, 0.5) is 0 Å². The molecule has 0 saturated carbocycles. The Labute approximate surface area is 125 Å². The predicted octanol–water partition coefficient (Wildman–Crippen LogP) is 0.901. The molecule has 21 heavy (non-hydrogen) atoms. The van der Waals surface area contributed by atoms with Crippen LogP contribution in [0, 0.1) is 6.92 Å². The minimum atomic E-state index is -0.0229. The predicted molar refractivity (Wildman–Crippen MR) is 79.7 cm³/mol. The summed E-state index contributed by atoms with van der Waals surface area (Å²) < 4.78 is 5.67. The van der Waals surface area contributed by atoms with E-state index in [0.717, 1.165) is 24.5 Å². The Balaban J connectivity index is 1.75. The second-order valence-corrected chi connectivity index (χ2v) is 5.71. The smallest absolute Gasteiger partial charge is 0.222 e. The quantitative estimate of drug-likeness (QED) is 0.873. The maximum Gasteiger partial charge on any atom is 0.222 e. The van der Waals surface area contributed by atoms with Crippen LogP contribution in [-0.2, 0) is 16.1 Å². The van der Waals surface area contributed by atoms with E-state index >= 15 is 0 Å². The molecule has 6 heteroatoms. The van der Waals surface area contributed by atoms with Crippen LogP contribution in [0.1, 0.15) is 31.7 Å². The van der Waals surface area contributed by atoms with Crippen molar-refractivity contribution in [1.82, 2.24) is 20.2 Å². The normalized spacial score (nSPS) is 19.7. The number of nitrogens with one attached hydrogen (secondary N) is 1. The molecule has 1 aliphatic heterocycles. The van der Waals surface area contributed by atoms with E-state index in [0.29, 0.717) is 25.6 Å². The van der Waals surface area contributed by atoms with Gasteiger partial charge in [-0.3, -0.25) is 19.7 Å². The Morgan fingerprint density at radius 1 is 1.48 bits per heavy atom. The van der Waals surface area contributed by atoms with Crippen molar-refractivity contribution in [2.24, 2.45) is 0 Å². The third-order valence-corrected chi connectivity index (χ3v) is 3.61. The van der Waals surface area contributed by atoms with Crippen molar-refractivity contribution in [3.63, 3.8) is 0 Å². The highest BCUT2D eigenvalue weighted by atomic mass is 16.5. The Kier molecular flexibility index (Phi) is 5.64. The van der Waals surface area contributed by atoms with Crippen molar-refractivity contribution < 1.29 is 9.53 Å². The number of ether oxygens (including phenoxy) is 1. The van der Waals surface area contributed by atoms with Gasteiger partial charge in [-0.1, -0.05) is 0 Å². The highest BCUT2D eigenvalue weighted by Gasteiger charge is 2.24. The molecule has 1 unspecified atom stereocenters. The van der Waals surface area contributed by atoms with Crippen LogP contribution in [0.2, 0.25) is 0 Å². The van der Waals surface area contributed by atoms with Crippen molar-refractivity contribution in [3.05, 3.63) is 23.8 Å². The van der Waals surface area contributed by atoms with Gasteiger partial charge < -0.3 is 10.1 Å². The summed E-state index contributed by atoms with van der Waals surface area (Å²) in [4.78, 5) is 22.7. The van der Waals surface area contributed by atoms with E-state index in [1.54, 1.807) is 12.4 Å². The number of hydrogen-bond acceptors (Lipinski definition) is 5. The third kappa shape index (κ3) is 5.06. The van der Waals surface area contributed by atoms with Gasteiger partial charge in [0.15, 0.2) is 0 Å². The molecular formula is C15H24N4O2. The fraction of sp³-hybridized carbons (Fsp3) is 0.667. The summed E-state index contributed by atoms with van der Waals surface area (Å²) in [7, 11) is 0. The summed E-state index contributed by atoms with van der Waals surface area (Å²) >= 11 is 0. The molecule has 1 aromatic rings. The Morgan fingerprint density at radius 3 is 2.95 bits per heavy atom. The first-order valence-corrected chi connectivity index (χ1v) is 7.44. The second-order valence-electron chi connectivity index (χ2n) is 5.71. The molecule has 0 spiro atoms. The summed E-state index contributed by atoms with van der Waals surface area (Å²) in [5, 5.41) is 2.87. The van der Waals surface area contributed by atoms with E-state index in [4.69, 9.17) is 4.74 Å². The van der Waals surface area contributed by atoms with Gasteiger partial charge in [0.05, 0.1) is 43.3 Å². The summed E-state index contributed by atoms with van der Waals surface area (Å²) in [6.45, 7) is 9.07. The molecule has 6 nitrogen and oxygen atoms in total. The topological polar surface area (TPSA) is 67.4 Å². The van der Waals surface area contributed by atoms with E-state index in [-0.39, 0.29) is 12.0 Å². The van der Waals surface area contributed by atoms with Crippen LogP contribution in [0.15, 0.2) is 12.4 Å². The van der Waals surface area contributed by atoms with E-state index in [1.165, 1.54) is 0 Å². The van der Waals surface area contributed by atoms with Gasteiger partial charge in [-0.2, -0.15) is 0 Å². The Hall–Kier alpha value is -1.53. The standard InChI is InChI=1S/C15H24N4O2/c1-11(2)19-4-5-21-14(10-19)6-15(20)18-9-13-8-16-12(3)7-17-13/h7-8,11,14H,4-6,9-10H2,1-3H3,(H,18,20). The average Bonchev–Trinajstić information content (AvgIpc) is 2.47. The zero-order valence-electron chi connectivity index (χ0n) is 13.0. The number of hydrogen-bond donors (Lipinski definition) is 1. The molecule has 1 amide bonds. The van der Waals surface area contributed by atoms with Crippen molar-refractivity contribution in [2.45, 2.75) is 45.9 Å². The fourth-order valence-electron chi connectivity index (χ4n) is 2.31. The van der Waals surface area contributed by atoms with Gasteiger partial charge in [0, 0.05) is 25.3 Å². The van der Waals surface area contributed by atoms with Gasteiger partial charge in [0.2, 0.25) is 5.91 Å². The van der Waals surface area contributed by atoms with Crippen LogP contribution >= 0.6 is 0 Å². The van der Waals surface area contributed by atoms with Gasteiger partial charge in [-0.25, -0.2) is 0 Å². The zero-order valence-corrected chi connectivity index (χ0v) is 13.0. The summed E-state index contributed by atoms with van der Waals surface area (Å²) in [5.41, 5.74) is 1.64. The molecule has 0 bridgehead atoms. The lowest BCUT2D eigenvalue weighted by atomic mass is 10.1. The maximum atomic E-state index is 12.0. The van der Waals surface area contributed by atoms with Crippen LogP contribution in [0.25, 0.3) is 0 Å². The van der Waals surface area contributed by atoms with Crippen molar-refractivity contribution >= 4 is 5.91 Å². The molecule has 1 N–H and O–H groups in total. The number of aromatic nitrogens is 2. The first-order valence-electron chi connectivity index (χ1n) is 7.44. The minimum absolute atomic E-state index is 0.00650. The van der Waals surface area contributed by atoms with Crippen LogP contribution < -0.4 is 5.32 Å². The number of carbonyl (C=O) groups is 1. The van der Waals surface area contributed by atoms with E-state index in [1.807, 2.05) is 6.92 Å². The number of carbonyl (C=O) groups excluding carboxylic acids is 1. The number of amides is 1. The molecule has 0 radical (unpaired) electrons. The lowest BCUT2D eigenvalue weighted by Gasteiger charge is -2.35. The Bertz CT molecular complexity index is 461. The SMILES string of the molecule is Cc1cnc(CNC(=O)CC2CN(C(C)C)CCO2)cn1. The first-order chi connectivity index (χ1) is 10.0. The number of aryl methyl sites for hydroxylation is 1. The van der Waals surface area contributed by atoms with Crippen molar-refractivity contribution in [3.8, 4) is 0 Å². The lowest BCUT2D eigenvalue weighted by molar-refractivity contribution is -0.126. The first kappa shape index (κ1) is 15.9. The van der Waals surface area contributed by atoms with Crippen LogP contribution in [0.5, 0.6) is 0 Å². The van der Waals surface area contributed by atoms with Gasteiger partial charge in [0.25, 0.3) is 0 Å². The van der Waals surface area contributed by atoms with Crippen LogP contribution in [-0.4, -0.2) is 52.6 Å². The third-order valence-electron chi connectivity index (χ3n) is 3.61. The van der Waals surface area contributed by atoms with Crippen LogP contribution in [0.3, 0.4) is 0 Å². The summed E-state index contributed by atoms with van der Waals surface area (Å²) in [5.74, 6) is -0.00650. The van der Waals surface area contributed by atoms with E-state index < -0.39 is 0 Å². The molecule has 1 fully saturated rings. The van der Waals surface area contributed by atoms with Gasteiger partial charge >= 0.3 is 0 Å². The minimum Gasteiger partial charge on any atom is -0.375 e. The molecule has 116 valence electrons. The van der Waals surface area contributed by atoms with Gasteiger partial charge in [0.1, 0.15) is 0 Å². The molecule has 0 aliphatic carbocycles. The largest absolute Gasteiger partial charge is 0.375 e. The molecule has 1 aromatic heterocycles. The molecular weight excluding hydrogens is 268 g/mol. The second kappa shape index (κ2) is 7.47. The molecule has 1 atom stereocenters. The van der Waals surface area contributed by atoms with E-state index in [2.05, 4.69) is 34.0 Å². The van der Waals surface area contributed by atoms with E-state index in [9.17, 15) is 4.79 Å². The average molecular weight is 292 g/mol. The van der Waals surface area contributed by atoms with Gasteiger partial charge in [-0.15, -0.1) is 0 Å². The molecule has 2 heterocycles. The summed E-state index contributed by atoms with van der Waals surface area (Å²) in [6.07, 6.45) is 3.76. The zero-order chi connectivity index (χ0) is 15.2. The highest BCUT2D eigenvalue weighted by molar-refractivity contribution is 5.76. The molecule has 1 saturated heterocycles. The number of rotatable bonds is 5. The number of nitrogens with zero attached hydrogens (tertiary/aromatic N) is 3. The Morgan fingerprint density at radius 2 is 2.29 bits per heavy atom. The highest BCUT2D eigenvalue weighted by Crippen LogP contribution is 2.11. The lowest BCUT2D eigenvalue weighted by Crippen LogP contribution is -2.47. The molecule has 0 aromatic carbocycles. The van der Waals surface area contributed by atoms with Gasteiger partial charge in [-0.05, 0) is 20.8 Å². The van der Waals surface area contributed by atoms with Crippen molar-refractivity contribution in [1.29, 1.82) is 0 Å². The molecule has 2 rings (SSSR count). The summed E-state index contributed by atoms with van der Waals surface area (Å²) in [6, 6.07) is 0.488.